The minimum Gasteiger partial charge on any atom is -0.356 e. The number of thiazole rings is 1. The lowest BCUT2D eigenvalue weighted by Gasteiger charge is -2.10. The molecule has 1 heterocycles. The van der Waals surface area contributed by atoms with Crippen LogP contribution in [0.4, 0.5) is 0 Å². The molecule has 0 atom stereocenters. The Hall–Kier alpha value is -1.88. The van der Waals surface area contributed by atoms with E-state index in [9.17, 15) is 0 Å². The lowest BCUT2D eigenvalue weighted by Crippen LogP contribution is -2.37. The molecule has 2 rings (SSSR count). The SMILES string of the molecule is CN=C(NCCCc1ccccc1)NCc1ncc(C)s1. The fourth-order valence-electron chi connectivity index (χ4n) is 2.01. The number of aryl methyl sites for hydroxylation is 2. The highest BCUT2D eigenvalue weighted by Gasteiger charge is 2.01. The van der Waals surface area contributed by atoms with Gasteiger partial charge in [0.1, 0.15) is 5.01 Å². The van der Waals surface area contributed by atoms with E-state index in [1.165, 1.54) is 10.4 Å². The number of benzene rings is 1. The average Bonchev–Trinajstić information content (AvgIpc) is 2.93. The lowest BCUT2D eigenvalue weighted by atomic mass is 10.1. The molecule has 2 N–H and O–H groups in total. The normalized spacial score (nSPS) is 11.4. The molecule has 0 aliphatic rings. The number of guanidine groups is 1. The molecule has 0 bridgehead atoms. The van der Waals surface area contributed by atoms with Gasteiger partial charge in [0.2, 0.25) is 0 Å². The minimum atomic E-state index is 0.719. The maximum atomic E-state index is 4.33. The van der Waals surface area contributed by atoms with Gasteiger partial charge in [-0.15, -0.1) is 11.3 Å². The van der Waals surface area contributed by atoms with Crippen molar-refractivity contribution < 1.29 is 0 Å². The summed E-state index contributed by atoms with van der Waals surface area (Å²) in [5.41, 5.74) is 1.38. The third kappa shape index (κ3) is 5.55. The molecule has 1 aromatic carbocycles. The number of rotatable bonds is 6. The summed E-state index contributed by atoms with van der Waals surface area (Å²) >= 11 is 1.71. The van der Waals surface area contributed by atoms with Gasteiger partial charge in [0, 0.05) is 24.7 Å². The minimum absolute atomic E-state index is 0.719. The highest BCUT2D eigenvalue weighted by molar-refractivity contribution is 7.11. The second kappa shape index (κ2) is 8.42. The molecule has 0 saturated heterocycles. The van der Waals surface area contributed by atoms with E-state index >= 15 is 0 Å². The predicted molar refractivity (Wildman–Crippen MR) is 89.8 cm³/mol. The molecule has 4 nitrogen and oxygen atoms in total. The Kier molecular flexibility index (Phi) is 6.22. The van der Waals surface area contributed by atoms with Crippen LogP contribution in [0.15, 0.2) is 41.5 Å². The lowest BCUT2D eigenvalue weighted by molar-refractivity contribution is 0.741. The van der Waals surface area contributed by atoms with E-state index in [0.29, 0.717) is 0 Å². The number of aliphatic imine (C=N–C) groups is 1. The first kappa shape index (κ1) is 15.5. The summed E-state index contributed by atoms with van der Waals surface area (Å²) < 4.78 is 0. The van der Waals surface area contributed by atoms with E-state index in [2.05, 4.69) is 51.8 Å². The van der Waals surface area contributed by atoms with Crippen molar-refractivity contribution in [3.63, 3.8) is 0 Å². The predicted octanol–water partition coefficient (Wildman–Crippen LogP) is 2.75. The maximum absolute atomic E-state index is 4.33. The third-order valence-electron chi connectivity index (χ3n) is 3.08. The Morgan fingerprint density at radius 1 is 1.24 bits per heavy atom. The molecule has 0 aliphatic heterocycles. The van der Waals surface area contributed by atoms with Crippen LogP contribution in [0.25, 0.3) is 0 Å². The molecule has 0 saturated carbocycles. The van der Waals surface area contributed by atoms with Gasteiger partial charge >= 0.3 is 0 Å². The van der Waals surface area contributed by atoms with Crippen molar-refractivity contribution in [3.05, 3.63) is 52.0 Å². The van der Waals surface area contributed by atoms with Gasteiger partial charge in [-0.3, -0.25) is 4.99 Å². The molecule has 5 heteroatoms. The zero-order chi connectivity index (χ0) is 14.9. The van der Waals surface area contributed by atoms with Crippen molar-refractivity contribution in [2.45, 2.75) is 26.3 Å². The summed E-state index contributed by atoms with van der Waals surface area (Å²) in [6.45, 7) is 3.69. The summed E-state index contributed by atoms with van der Waals surface area (Å²) in [6, 6.07) is 10.5. The van der Waals surface area contributed by atoms with Gasteiger partial charge in [0.05, 0.1) is 6.54 Å². The molecule has 0 spiro atoms. The van der Waals surface area contributed by atoms with Gasteiger partial charge in [0.15, 0.2) is 5.96 Å². The number of aromatic nitrogens is 1. The molecular weight excluding hydrogens is 280 g/mol. The van der Waals surface area contributed by atoms with Crippen molar-refractivity contribution in [1.29, 1.82) is 0 Å². The fourth-order valence-corrected chi connectivity index (χ4v) is 2.73. The van der Waals surface area contributed by atoms with Crippen LogP contribution in [0, 0.1) is 6.92 Å². The van der Waals surface area contributed by atoms with Crippen LogP contribution in [-0.2, 0) is 13.0 Å². The molecule has 112 valence electrons. The highest BCUT2D eigenvalue weighted by Crippen LogP contribution is 2.10. The summed E-state index contributed by atoms with van der Waals surface area (Å²) in [7, 11) is 1.79. The van der Waals surface area contributed by atoms with Crippen molar-refractivity contribution in [2.75, 3.05) is 13.6 Å². The monoisotopic (exact) mass is 302 g/mol. The Morgan fingerprint density at radius 3 is 2.71 bits per heavy atom. The topological polar surface area (TPSA) is 49.3 Å². The molecular formula is C16H22N4S. The average molecular weight is 302 g/mol. The second-order valence-corrected chi connectivity index (χ2v) is 6.13. The molecule has 0 amide bonds. The van der Waals surface area contributed by atoms with Crippen molar-refractivity contribution in [3.8, 4) is 0 Å². The van der Waals surface area contributed by atoms with E-state index in [1.807, 2.05) is 12.3 Å². The van der Waals surface area contributed by atoms with E-state index in [1.54, 1.807) is 18.4 Å². The molecule has 0 radical (unpaired) electrons. The largest absolute Gasteiger partial charge is 0.356 e. The number of nitrogens with zero attached hydrogens (tertiary/aromatic N) is 2. The maximum Gasteiger partial charge on any atom is 0.191 e. The Bertz CT molecular complexity index is 563. The Morgan fingerprint density at radius 2 is 2.05 bits per heavy atom. The standard InChI is InChI=1S/C16H22N4S/c1-13-11-19-15(21-13)12-20-16(17-2)18-10-6-9-14-7-4-3-5-8-14/h3-5,7-8,11H,6,9-10,12H2,1-2H3,(H2,17,18,20). The van der Waals surface area contributed by atoms with E-state index in [4.69, 9.17) is 0 Å². The summed E-state index contributed by atoms with van der Waals surface area (Å²) in [5, 5.41) is 7.70. The molecule has 21 heavy (non-hydrogen) atoms. The van der Waals surface area contributed by atoms with Crippen LogP contribution in [0.3, 0.4) is 0 Å². The molecule has 1 aromatic heterocycles. The quantitative estimate of drug-likeness (QED) is 0.490. The van der Waals surface area contributed by atoms with Gasteiger partial charge in [-0.1, -0.05) is 30.3 Å². The van der Waals surface area contributed by atoms with Gasteiger partial charge in [-0.25, -0.2) is 4.98 Å². The summed E-state index contributed by atoms with van der Waals surface area (Å²) in [6.07, 6.45) is 4.06. The second-order valence-electron chi connectivity index (χ2n) is 4.81. The first-order valence-electron chi connectivity index (χ1n) is 7.17. The zero-order valence-electron chi connectivity index (χ0n) is 12.6. The first-order valence-corrected chi connectivity index (χ1v) is 7.99. The van der Waals surface area contributed by atoms with Crippen molar-refractivity contribution >= 4 is 17.3 Å². The van der Waals surface area contributed by atoms with Crippen molar-refractivity contribution in [1.82, 2.24) is 15.6 Å². The summed E-state index contributed by atoms with van der Waals surface area (Å²) in [5.74, 6) is 0.830. The van der Waals surface area contributed by atoms with E-state index < -0.39 is 0 Å². The van der Waals surface area contributed by atoms with Gasteiger partial charge in [-0.2, -0.15) is 0 Å². The number of hydrogen-bond acceptors (Lipinski definition) is 3. The molecule has 0 unspecified atom stereocenters. The number of hydrogen-bond donors (Lipinski definition) is 2. The van der Waals surface area contributed by atoms with Crippen LogP contribution in [0.1, 0.15) is 21.9 Å². The van der Waals surface area contributed by atoms with Gasteiger partial charge in [0.25, 0.3) is 0 Å². The molecule has 0 fully saturated rings. The Balaban J connectivity index is 1.66. The number of nitrogens with one attached hydrogen (secondary N) is 2. The summed E-state index contributed by atoms with van der Waals surface area (Å²) in [4.78, 5) is 9.79. The zero-order valence-corrected chi connectivity index (χ0v) is 13.4. The third-order valence-corrected chi connectivity index (χ3v) is 3.99. The van der Waals surface area contributed by atoms with Crippen LogP contribution >= 0.6 is 11.3 Å². The van der Waals surface area contributed by atoms with Crippen LogP contribution in [-0.4, -0.2) is 24.5 Å². The van der Waals surface area contributed by atoms with Crippen molar-refractivity contribution in [2.24, 2.45) is 4.99 Å². The Labute approximate surface area is 130 Å². The van der Waals surface area contributed by atoms with E-state index in [0.717, 1.165) is 36.9 Å². The van der Waals surface area contributed by atoms with Crippen LogP contribution in [0.2, 0.25) is 0 Å². The fraction of sp³-hybridized carbons (Fsp3) is 0.375. The van der Waals surface area contributed by atoms with Crippen LogP contribution < -0.4 is 10.6 Å². The molecule has 0 aliphatic carbocycles. The van der Waals surface area contributed by atoms with Crippen LogP contribution in [0.5, 0.6) is 0 Å². The highest BCUT2D eigenvalue weighted by atomic mass is 32.1. The smallest absolute Gasteiger partial charge is 0.191 e. The molecule has 2 aromatic rings. The first-order chi connectivity index (χ1) is 10.3. The van der Waals surface area contributed by atoms with Gasteiger partial charge in [-0.05, 0) is 25.3 Å². The van der Waals surface area contributed by atoms with Gasteiger partial charge < -0.3 is 10.6 Å². The van der Waals surface area contributed by atoms with E-state index in [-0.39, 0.29) is 0 Å².